The number of benzene rings is 2. The molecule has 2 aromatic carbocycles. The molecule has 6 rings (SSSR count). The van der Waals surface area contributed by atoms with Gasteiger partial charge in [0, 0.05) is 23.3 Å². The summed E-state index contributed by atoms with van der Waals surface area (Å²) in [6.07, 6.45) is 5.99. The summed E-state index contributed by atoms with van der Waals surface area (Å²) in [5.41, 5.74) is 0.149. The van der Waals surface area contributed by atoms with E-state index in [1.807, 2.05) is 12.1 Å². The number of fused-ring (bicyclic) bond motifs is 1. The summed E-state index contributed by atoms with van der Waals surface area (Å²) in [5, 5.41) is 6.26. The summed E-state index contributed by atoms with van der Waals surface area (Å²) in [6.45, 7) is 2.73. The van der Waals surface area contributed by atoms with Crippen molar-refractivity contribution in [2.75, 3.05) is 44.5 Å². The molecule has 0 bridgehead atoms. The Bertz CT molecular complexity index is 1730. The van der Waals surface area contributed by atoms with E-state index in [0.29, 0.717) is 64.9 Å². The van der Waals surface area contributed by atoms with Crippen LogP contribution >= 0.6 is 11.6 Å². The number of aromatic nitrogens is 2. The predicted molar refractivity (Wildman–Crippen MR) is 169 cm³/mol. The van der Waals surface area contributed by atoms with Crippen LogP contribution in [-0.2, 0) is 9.59 Å². The fraction of sp³-hybridized carbons (Fsp3) is 0.333. The Balaban J connectivity index is 1.13. The normalized spacial score (nSPS) is 16.2. The Morgan fingerprint density at radius 3 is 2.36 bits per heavy atom. The highest BCUT2D eigenvalue weighted by Crippen LogP contribution is 2.48. The number of piperidine rings is 1. The maximum Gasteiger partial charge on any atom is 0.240 e. The lowest BCUT2D eigenvalue weighted by Gasteiger charge is -2.28. The number of methoxy groups -OCH3 is 1. The van der Waals surface area contributed by atoms with Crippen LogP contribution in [-0.4, -0.2) is 60.5 Å². The minimum Gasteiger partial charge on any atom is -0.493 e. The molecule has 2 amide bonds. The lowest BCUT2D eigenvalue weighted by molar-refractivity contribution is -0.131. The van der Waals surface area contributed by atoms with Crippen molar-refractivity contribution in [2.24, 2.45) is 11.3 Å². The molecule has 2 aromatic heterocycles. The molecule has 2 N–H and O–H groups in total. The molecule has 0 atom stereocenters. The smallest absolute Gasteiger partial charge is 0.240 e. The molecule has 12 heteroatoms. The van der Waals surface area contributed by atoms with Gasteiger partial charge in [-0.3, -0.25) is 14.6 Å². The molecule has 0 spiro atoms. The van der Waals surface area contributed by atoms with Gasteiger partial charge in [0.2, 0.25) is 17.7 Å². The minimum absolute atomic E-state index is 0.124. The number of rotatable bonds is 10. The highest BCUT2D eigenvalue weighted by atomic mass is 35.5. The molecular weight excluding hydrogens is 601 g/mol. The first-order valence-corrected chi connectivity index (χ1v) is 15.1. The highest BCUT2D eigenvalue weighted by molar-refractivity contribution is 6.32. The number of carbonyl (C=O) groups is 2. The van der Waals surface area contributed by atoms with Gasteiger partial charge in [-0.1, -0.05) is 11.6 Å². The van der Waals surface area contributed by atoms with Gasteiger partial charge in [0.1, 0.15) is 22.0 Å². The summed E-state index contributed by atoms with van der Waals surface area (Å²) in [5.74, 6) is 0.888. The SMILES string of the molecule is COc1cc2c(Oc3ncc(NC(=O)C4(C(=O)Nc5ccc(F)cc5)CC4)cc3Cl)ccnc2cc1OCC1CCN(C)CC1. The van der Waals surface area contributed by atoms with E-state index < -0.39 is 23.0 Å². The van der Waals surface area contributed by atoms with Crippen molar-refractivity contribution in [1.29, 1.82) is 0 Å². The molecular formula is C33H33ClFN5O5. The average molecular weight is 634 g/mol. The third-order valence-electron chi connectivity index (χ3n) is 8.29. The van der Waals surface area contributed by atoms with Gasteiger partial charge in [-0.25, -0.2) is 9.37 Å². The second-order valence-electron chi connectivity index (χ2n) is 11.5. The zero-order valence-electron chi connectivity index (χ0n) is 24.9. The second kappa shape index (κ2) is 12.9. The summed E-state index contributed by atoms with van der Waals surface area (Å²) < 4.78 is 31.1. The van der Waals surface area contributed by atoms with Gasteiger partial charge >= 0.3 is 0 Å². The fourth-order valence-electron chi connectivity index (χ4n) is 5.32. The van der Waals surface area contributed by atoms with Gasteiger partial charge in [0.05, 0.1) is 31.1 Å². The van der Waals surface area contributed by atoms with Crippen LogP contribution in [0.4, 0.5) is 15.8 Å². The van der Waals surface area contributed by atoms with Crippen LogP contribution in [0.5, 0.6) is 23.1 Å². The molecule has 3 heterocycles. The lowest BCUT2D eigenvalue weighted by Crippen LogP contribution is -2.35. The van der Waals surface area contributed by atoms with Crippen LogP contribution < -0.4 is 24.8 Å². The fourth-order valence-corrected chi connectivity index (χ4v) is 5.52. The van der Waals surface area contributed by atoms with Crippen molar-refractivity contribution in [2.45, 2.75) is 25.7 Å². The van der Waals surface area contributed by atoms with Crippen LogP contribution in [0.15, 0.2) is 60.9 Å². The molecule has 0 unspecified atom stereocenters. The number of hydrogen-bond acceptors (Lipinski definition) is 8. The zero-order chi connectivity index (χ0) is 31.6. The number of carbonyl (C=O) groups excluding carboxylic acids is 2. The van der Waals surface area contributed by atoms with E-state index in [1.165, 1.54) is 36.5 Å². The van der Waals surface area contributed by atoms with Crippen molar-refractivity contribution in [3.63, 3.8) is 0 Å². The van der Waals surface area contributed by atoms with Gasteiger partial charge in [0.25, 0.3) is 0 Å². The van der Waals surface area contributed by atoms with Crippen molar-refractivity contribution in [1.82, 2.24) is 14.9 Å². The van der Waals surface area contributed by atoms with Crippen molar-refractivity contribution < 1.29 is 28.2 Å². The lowest BCUT2D eigenvalue weighted by atomic mass is 9.98. The highest BCUT2D eigenvalue weighted by Gasteiger charge is 2.56. The van der Waals surface area contributed by atoms with E-state index in [-0.39, 0.29) is 10.9 Å². The Morgan fingerprint density at radius 2 is 1.69 bits per heavy atom. The second-order valence-corrected chi connectivity index (χ2v) is 11.9. The van der Waals surface area contributed by atoms with E-state index >= 15 is 0 Å². The maximum atomic E-state index is 13.2. The summed E-state index contributed by atoms with van der Waals surface area (Å²) in [6, 6.07) is 12.2. The third kappa shape index (κ3) is 6.79. The molecule has 2 aliphatic rings. The molecule has 1 saturated heterocycles. The van der Waals surface area contributed by atoms with Gasteiger partial charge in [0.15, 0.2) is 11.5 Å². The van der Waals surface area contributed by atoms with Crippen molar-refractivity contribution in [3.05, 3.63) is 71.8 Å². The first-order valence-electron chi connectivity index (χ1n) is 14.7. The van der Waals surface area contributed by atoms with Crippen LogP contribution in [0.1, 0.15) is 25.7 Å². The summed E-state index contributed by atoms with van der Waals surface area (Å²) in [4.78, 5) is 37.1. The van der Waals surface area contributed by atoms with E-state index in [4.69, 9.17) is 25.8 Å². The molecule has 2 fully saturated rings. The van der Waals surface area contributed by atoms with Gasteiger partial charge in [-0.05, 0) is 94.2 Å². The zero-order valence-corrected chi connectivity index (χ0v) is 25.7. The molecule has 0 radical (unpaired) electrons. The molecule has 45 heavy (non-hydrogen) atoms. The number of halogens is 2. The number of hydrogen-bond donors (Lipinski definition) is 2. The number of anilines is 2. The first-order chi connectivity index (χ1) is 21.7. The number of pyridine rings is 2. The monoisotopic (exact) mass is 633 g/mol. The minimum atomic E-state index is -1.22. The van der Waals surface area contributed by atoms with E-state index in [2.05, 4.69) is 32.5 Å². The third-order valence-corrected chi connectivity index (χ3v) is 8.56. The van der Waals surface area contributed by atoms with Gasteiger partial charge < -0.3 is 29.7 Å². The van der Waals surface area contributed by atoms with Gasteiger partial charge in [-0.15, -0.1) is 0 Å². The Morgan fingerprint density at radius 1 is 0.978 bits per heavy atom. The van der Waals surface area contributed by atoms with Crippen molar-refractivity contribution in [3.8, 4) is 23.1 Å². The summed E-state index contributed by atoms with van der Waals surface area (Å²) in [7, 11) is 3.72. The number of nitrogens with one attached hydrogen (secondary N) is 2. The van der Waals surface area contributed by atoms with Crippen LogP contribution in [0.3, 0.4) is 0 Å². The molecule has 10 nitrogen and oxygen atoms in total. The maximum absolute atomic E-state index is 13.2. The molecule has 1 aliphatic heterocycles. The van der Waals surface area contributed by atoms with E-state index in [9.17, 15) is 14.0 Å². The van der Waals surface area contributed by atoms with E-state index in [0.717, 1.165) is 25.9 Å². The molecule has 234 valence electrons. The Labute approximate surface area is 264 Å². The van der Waals surface area contributed by atoms with Crippen LogP contribution in [0.25, 0.3) is 10.9 Å². The Kier molecular flexibility index (Phi) is 8.73. The van der Waals surface area contributed by atoms with Crippen molar-refractivity contribution >= 4 is 45.7 Å². The van der Waals surface area contributed by atoms with Crippen LogP contribution in [0.2, 0.25) is 5.02 Å². The number of nitrogens with zero attached hydrogens (tertiary/aromatic N) is 3. The largest absolute Gasteiger partial charge is 0.493 e. The van der Waals surface area contributed by atoms with E-state index in [1.54, 1.807) is 19.4 Å². The average Bonchev–Trinajstić information content (AvgIpc) is 3.85. The molecule has 1 saturated carbocycles. The molecule has 4 aromatic rings. The standard InChI is InChI=1S/C33H33ClFN5O5/c1-40-13-8-20(9-14-40)19-44-29-17-26-24(16-28(29)43-2)27(7-12-36-26)45-30-25(34)15-23(18-37-30)39-32(42)33(10-11-33)31(41)38-22-5-3-21(35)4-6-22/h3-7,12,15-18,20H,8-11,13-14,19H2,1-2H3,(H,38,41)(H,39,42). The number of amides is 2. The predicted octanol–water partition coefficient (Wildman–Crippen LogP) is 6.30. The topological polar surface area (TPSA) is 115 Å². The summed E-state index contributed by atoms with van der Waals surface area (Å²) >= 11 is 6.52. The number of ether oxygens (including phenoxy) is 3. The molecule has 1 aliphatic carbocycles. The van der Waals surface area contributed by atoms with Gasteiger partial charge in [-0.2, -0.15) is 0 Å². The van der Waals surface area contributed by atoms with Crippen LogP contribution in [0, 0.1) is 17.2 Å². The Hall–Kier alpha value is -4.48. The number of likely N-dealkylation sites (tertiary alicyclic amines) is 1. The quantitative estimate of drug-likeness (QED) is 0.196. The first kappa shape index (κ1) is 30.5.